The highest BCUT2D eigenvalue weighted by Crippen LogP contribution is 2.16. The number of hydrogen-bond donors (Lipinski definition) is 1. The molecular formula is C13H10F2N2O2. The molecule has 0 aromatic heterocycles. The van der Waals surface area contributed by atoms with Crippen molar-refractivity contribution in [1.29, 1.82) is 0 Å². The lowest BCUT2D eigenvalue weighted by Crippen LogP contribution is -2.01. The molecule has 19 heavy (non-hydrogen) atoms. The predicted octanol–water partition coefficient (Wildman–Crippen LogP) is 3.49. The van der Waals surface area contributed by atoms with Crippen LogP contribution in [0.3, 0.4) is 0 Å². The number of nitro benzene ring substituents is 1. The van der Waals surface area contributed by atoms with Gasteiger partial charge in [-0.05, 0) is 17.7 Å². The lowest BCUT2D eigenvalue weighted by Gasteiger charge is -2.06. The summed E-state index contributed by atoms with van der Waals surface area (Å²) >= 11 is 0. The molecule has 6 heteroatoms. The van der Waals surface area contributed by atoms with Crippen LogP contribution in [0.5, 0.6) is 0 Å². The van der Waals surface area contributed by atoms with E-state index in [-0.39, 0.29) is 12.2 Å². The molecule has 0 spiro atoms. The smallest absolute Gasteiger partial charge is 0.269 e. The zero-order chi connectivity index (χ0) is 13.8. The minimum atomic E-state index is -0.941. The second-order valence-corrected chi connectivity index (χ2v) is 3.91. The van der Waals surface area contributed by atoms with Crippen molar-refractivity contribution in [2.75, 3.05) is 5.32 Å². The summed E-state index contributed by atoms with van der Waals surface area (Å²) in [5.74, 6) is -1.86. The second kappa shape index (κ2) is 5.43. The highest BCUT2D eigenvalue weighted by atomic mass is 19.2. The molecule has 0 aliphatic heterocycles. The van der Waals surface area contributed by atoms with E-state index >= 15 is 0 Å². The zero-order valence-corrected chi connectivity index (χ0v) is 9.77. The quantitative estimate of drug-likeness (QED) is 0.679. The van der Waals surface area contributed by atoms with Crippen molar-refractivity contribution in [2.24, 2.45) is 0 Å². The van der Waals surface area contributed by atoms with E-state index in [1.165, 1.54) is 18.2 Å². The van der Waals surface area contributed by atoms with Gasteiger partial charge in [0, 0.05) is 30.4 Å². The number of nitro groups is 1. The number of halogens is 2. The van der Waals surface area contributed by atoms with Gasteiger partial charge in [0.15, 0.2) is 11.6 Å². The molecule has 0 bridgehead atoms. The highest BCUT2D eigenvalue weighted by Gasteiger charge is 2.06. The zero-order valence-electron chi connectivity index (χ0n) is 9.77. The van der Waals surface area contributed by atoms with Crippen LogP contribution in [-0.4, -0.2) is 4.92 Å². The van der Waals surface area contributed by atoms with Gasteiger partial charge < -0.3 is 5.32 Å². The van der Waals surface area contributed by atoms with Crippen molar-refractivity contribution < 1.29 is 13.7 Å². The molecule has 0 unspecified atom stereocenters. The maximum Gasteiger partial charge on any atom is 0.269 e. The molecule has 0 radical (unpaired) electrons. The summed E-state index contributed by atoms with van der Waals surface area (Å²) in [4.78, 5) is 10.1. The Balaban J connectivity index is 2.07. The summed E-state index contributed by atoms with van der Waals surface area (Å²) in [6, 6.07) is 9.54. The topological polar surface area (TPSA) is 55.2 Å². The summed E-state index contributed by atoms with van der Waals surface area (Å²) in [6.45, 7) is 0.284. The van der Waals surface area contributed by atoms with E-state index in [2.05, 4.69) is 5.32 Å². The highest BCUT2D eigenvalue weighted by molar-refractivity contribution is 5.45. The predicted molar refractivity (Wildman–Crippen MR) is 66.8 cm³/mol. The van der Waals surface area contributed by atoms with Crippen LogP contribution in [0, 0.1) is 21.7 Å². The molecule has 2 aromatic rings. The van der Waals surface area contributed by atoms with Crippen LogP contribution in [0.4, 0.5) is 20.2 Å². The summed E-state index contributed by atoms with van der Waals surface area (Å²) in [7, 11) is 0. The monoisotopic (exact) mass is 264 g/mol. The van der Waals surface area contributed by atoms with E-state index in [0.717, 1.165) is 12.1 Å². The van der Waals surface area contributed by atoms with Crippen molar-refractivity contribution in [1.82, 2.24) is 0 Å². The number of nitrogens with one attached hydrogen (secondary N) is 1. The number of anilines is 1. The lowest BCUT2D eigenvalue weighted by atomic mass is 10.2. The molecule has 0 saturated heterocycles. The normalized spacial score (nSPS) is 10.2. The molecular weight excluding hydrogens is 254 g/mol. The van der Waals surface area contributed by atoms with Gasteiger partial charge in [-0.3, -0.25) is 10.1 Å². The first kappa shape index (κ1) is 12.9. The molecule has 98 valence electrons. The summed E-state index contributed by atoms with van der Waals surface area (Å²) in [5, 5.41) is 13.5. The summed E-state index contributed by atoms with van der Waals surface area (Å²) < 4.78 is 25.7. The fourth-order valence-electron chi connectivity index (χ4n) is 1.59. The minimum Gasteiger partial charge on any atom is -0.381 e. The molecule has 0 saturated carbocycles. The van der Waals surface area contributed by atoms with Crippen molar-refractivity contribution >= 4 is 11.4 Å². The Morgan fingerprint density at radius 3 is 2.58 bits per heavy atom. The van der Waals surface area contributed by atoms with Gasteiger partial charge in [0.2, 0.25) is 0 Å². The molecule has 0 aliphatic carbocycles. The van der Waals surface area contributed by atoms with E-state index in [0.29, 0.717) is 11.3 Å². The van der Waals surface area contributed by atoms with Crippen LogP contribution < -0.4 is 5.32 Å². The van der Waals surface area contributed by atoms with E-state index in [1.807, 2.05) is 0 Å². The molecule has 4 nitrogen and oxygen atoms in total. The van der Waals surface area contributed by atoms with Crippen molar-refractivity contribution in [3.63, 3.8) is 0 Å². The van der Waals surface area contributed by atoms with Crippen LogP contribution in [0.25, 0.3) is 0 Å². The second-order valence-electron chi connectivity index (χ2n) is 3.91. The van der Waals surface area contributed by atoms with Gasteiger partial charge >= 0.3 is 0 Å². The van der Waals surface area contributed by atoms with E-state index < -0.39 is 16.6 Å². The van der Waals surface area contributed by atoms with Gasteiger partial charge in [-0.1, -0.05) is 12.1 Å². The SMILES string of the molecule is O=[N+]([O-])c1cccc(CNc2ccc(F)c(F)c2)c1. The molecule has 0 aliphatic rings. The third-order valence-corrected chi connectivity index (χ3v) is 2.54. The lowest BCUT2D eigenvalue weighted by molar-refractivity contribution is -0.384. The number of non-ortho nitro benzene ring substituents is 1. The Morgan fingerprint density at radius 1 is 1.11 bits per heavy atom. The first-order chi connectivity index (χ1) is 9.06. The number of rotatable bonds is 4. The van der Waals surface area contributed by atoms with E-state index in [1.54, 1.807) is 12.1 Å². The van der Waals surface area contributed by atoms with Crippen molar-refractivity contribution in [2.45, 2.75) is 6.54 Å². The van der Waals surface area contributed by atoms with Crippen LogP contribution in [0.15, 0.2) is 42.5 Å². The molecule has 0 heterocycles. The fourth-order valence-corrected chi connectivity index (χ4v) is 1.59. The molecule has 0 atom stereocenters. The first-order valence-electron chi connectivity index (χ1n) is 5.48. The Hall–Kier alpha value is -2.50. The maximum absolute atomic E-state index is 13.0. The minimum absolute atomic E-state index is 0.00964. The van der Waals surface area contributed by atoms with Crippen LogP contribution >= 0.6 is 0 Å². The molecule has 2 aromatic carbocycles. The van der Waals surface area contributed by atoms with Gasteiger partial charge in [-0.2, -0.15) is 0 Å². The van der Waals surface area contributed by atoms with Gasteiger partial charge in [0.1, 0.15) is 0 Å². The first-order valence-corrected chi connectivity index (χ1v) is 5.48. The Morgan fingerprint density at radius 2 is 1.89 bits per heavy atom. The Labute approximate surface area is 107 Å². The van der Waals surface area contributed by atoms with Crippen LogP contribution in [-0.2, 0) is 6.54 Å². The average molecular weight is 264 g/mol. The third-order valence-electron chi connectivity index (χ3n) is 2.54. The maximum atomic E-state index is 13.0. The number of hydrogen-bond acceptors (Lipinski definition) is 3. The summed E-state index contributed by atoms with van der Waals surface area (Å²) in [5.41, 5.74) is 1.08. The molecule has 2 rings (SSSR count). The third kappa shape index (κ3) is 3.25. The van der Waals surface area contributed by atoms with Crippen molar-refractivity contribution in [3.8, 4) is 0 Å². The van der Waals surface area contributed by atoms with Gasteiger partial charge in [-0.25, -0.2) is 8.78 Å². The Bertz CT molecular complexity index is 617. The van der Waals surface area contributed by atoms with E-state index in [9.17, 15) is 18.9 Å². The van der Waals surface area contributed by atoms with Crippen molar-refractivity contribution in [3.05, 3.63) is 69.8 Å². The van der Waals surface area contributed by atoms with Gasteiger partial charge in [-0.15, -0.1) is 0 Å². The average Bonchev–Trinajstić information content (AvgIpc) is 2.40. The molecule has 1 N–H and O–H groups in total. The van der Waals surface area contributed by atoms with Crippen LogP contribution in [0.1, 0.15) is 5.56 Å². The fraction of sp³-hybridized carbons (Fsp3) is 0.0769. The van der Waals surface area contributed by atoms with Crippen LogP contribution in [0.2, 0.25) is 0 Å². The molecule has 0 fully saturated rings. The summed E-state index contributed by atoms with van der Waals surface area (Å²) in [6.07, 6.45) is 0. The van der Waals surface area contributed by atoms with Gasteiger partial charge in [0.05, 0.1) is 4.92 Å². The van der Waals surface area contributed by atoms with Gasteiger partial charge in [0.25, 0.3) is 5.69 Å². The Kier molecular flexibility index (Phi) is 3.70. The molecule has 0 amide bonds. The number of nitrogens with zero attached hydrogens (tertiary/aromatic N) is 1. The number of benzene rings is 2. The van der Waals surface area contributed by atoms with E-state index in [4.69, 9.17) is 0 Å². The largest absolute Gasteiger partial charge is 0.381 e. The standard InChI is InChI=1S/C13H10F2N2O2/c14-12-5-4-10(7-13(12)15)16-8-9-2-1-3-11(6-9)17(18)19/h1-7,16H,8H2.